The number of halogens is 1. The van der Waals surface area contributed by atoms with E-state index in [1.165, 1.54) is 6.07 Å². The molecule has 22 heavy (non-hydrogen) atoms. The molecule has 0 saturated carbocycles. The van der Waals surface area contributed by atoms with E-state index >= 15 is 0 Å². The second-order valence-electron chi connectivity index (χ2n) is 4.70. The third-order valence-electron chi connectivity index (χ3n) is 3.24. The molecule has 0 aliphatic carbocycles. The van der Waals surface area contributed by atoms with Crippen LogP contribution in [0, 0.1) is 5.82 Å². The zero-order valence-electron chi connectivity index (χ0n) is 11.8. The summed E-state index contributed by atoms with van der Waals surface area (Å²) in [4.78, 5) is 16.1. The largest absolute Gasteiger partial charge is 0.497 e. The lowest BCUT2D eigenvalue weighted by Gasteiger charge is -2.00. The first kappa shape index (κ1) is 14.0. The molecule has 0 atom stereocenters. The number of benzene rings is 2. The van der Waals surface area contributed by atoms with Crippen molar-refractivity contribution in [3.8, 4) is 5.75 Å². The standard InChI is InChI=1S/C17H13FN2O2/c1-22-12-8-6-11(7-9-12)10-15-17(21)20-16(19-15)13-4-2-3-5-14(13)18/h2-10H,1H3,(H,19,20,21)/b15-10-. The van der Waals surface area contributed by atoms with Crippen LogP contribution in [0.5, 0.6) is 5.75 Å². The number of methoxy groups -OCH3 is 1. The van der Waals surface area contributed by atoms with Crippen molar-refractivity contribution >= 4 is 17.8 Å². The van der Waals surface area contributed by atoms with Crippen molar-refractivity contribution in [3.05, 3.63) is 71.2 Å². The third kappa shape index (κ3) is 2.74. The highest BCUT2D eigenvalue weighted by molar-refractivity contribution is 6.19. The van der Waals surface area contributed by atoms with E-state index in [9.17, 15) is 9.18 Å². The van der Waals surface area contributed by atoms with E-state index in [1.807, 2.05) is 12.1 Å². The van der Waals surface area contributed by atoms with Gasteiger partial charge in [-0.1, -0.05) is 24.3 Å². The molecule has 3 rings (SSSR count). The maximum atomic E-state index is 13.7. The van der Waals surface area contributed by atoms with E-state index in [0.29, 0.717) is 0 Å². The fraction of sp³-hybridized carbons (Fsp3) is 0.0588. The average molecular weight is 296 g/mol. The number of aliphatic imine (C=N–C) groups is 1. The van der Waals surface area contributed by atoms with E-state index in [-0.39, 0.29) is 23.0 Å². The Balaban J connectivity index is 1.92. The van der Waals surface area contributed by atoms with Crippen LogP contribution in [0.2, 0.25) is 0 Å². The van der Waals surface area contributed by atoms with Crippen molar-refractivity contribution in [2.24, 2.45) is 4.99 Å². The lowest BCUT2D eigenvalue weighted by Crippen LogP contribution is -2.25. The monoisotopic (exact) mass is 296 g/mol. The Morgan fingerprint density at radius 3 is 2.55 bits per heavy atom. The van der Waals surface area contributed by atoms with E-state index in [4.69, 9.17) is 4.74 Å². The first-order valence-electron chi connectivity index (χ1n) is 6.68. The number of amidine groups is 1. The molecule has 110 valence electrons. The fourth-order valence-corrected chi connectivity index (χ4v) is 2.11. The summed E-state index contributed by atoms with van der Waals surface area (Å²) < 4.78 is 18.8. The summed E-state index contributed by atoms with van der Waals surface area (Å²) in [6.45, 7) is 0. The molecule has 2 aromatic rings. The molecular weight excluding hydrogens is 283 g/mol. The molecule has 0 bridgehead atoms. The van der Waals surface area contributed by atoms with E-state index in [1.54, 1.807) is 43.5 Å². The first-order chi connectivity index (χ1) is 10.7. The summed E-state index contributed by atoms with van der Waals surface area (Å²) in [6, 6.07) is 13.4. The van der Waals surface area contributed by atoms with E-state index in [2.05, 4.69) is 10.3 Å². The summed E-state index contributed by atoms with van der Waals surface area (Å²) in [6.07, 6.45) is 1.64. The summed E-state index contributed by atoms with van der Waals surface area (Å²) in [5.41, 5.74) is 1.32. The van der Waals surface area contributed by atoms with Crippen LogP contribution < -0.4 is 10.1 Å². The van der Waals surface area contributed by atoms with Gasteiger partial charge >= 0.3 is 0 Å². The van der Waals surface area contributed by atoms with Gasteiger partial charge in [-0.3, -0.25) is 4.79 Å². The van der Waals surface area contributed by atoms with Crippen LogP contribution in [0.4, 0.5) is 4.39 Å². The molecule has 1 N–H and O–H groups in total. The average Bonchev–Trinajstić information content (AvgIpc) is 2.89. The quantitative estimate of drug-likeness (QED) is 0.885. The minimum atomic E-state index is -0.424. The highest BCUT2D eigenvalue weighted by Crippen LogP contribution is 2.18. The summed E-state index contributed by atoms with van der Waals surface area (Å²) in [5.74, 6) is 0.178. The number of ether oxygens (including phenoxy) is 1. The molecule has 0 aromatic heterocycles. The van der Waals surface area contributed by atoms with Crippen molar-refractivity contribution in [1.29, 1.82) is 0 Å². The Bertz CT molecular complexity index is 780. The zero-order chi connectivity index (χ0) is 15.5. The number of carbonyl (C=O) groups is 1. The summed E-state index contributed by atoms with van der Waals surface area (Å²) in [7, 11) is 1.59. The fourth-order valence-electron chi connectivity index (χ4n) is 2.11. The van der Waals surface area contributed by atoms with Gasteiger partial charge in [0, 0.05) is 0 Å². The normalized spacial score (nSPS) is 15.6. The smallest absolute Gasteiger partial charge is 0.275 e. The molecule has 2 aromatic carbocycles. The van der Waals surface area contributed by atoms with Gasteiger partial charge in [0.05, 0.1) is 12.7 Å². The number of carbonyl (C=O) groups excluding carboxylic acids is 1. The van der Waals surface area contributed by atoms with Crippen molar-refractivity contribution in [3.63, 3.8) is 0 Å². The molecule has 0 spiro atoms. The second-order valence-corrected chi connectivity index (χ2v) is 4.70. The minimum Gasteiger partial charge on any atom is -0.497 e. The van der Waals surface area contributed by atoms with Crippen LogP contribution in [0.3, 0.4) is 0 Å². The Kier molecular flexibility index (Phi) is 3.70. The molecule has 1 heterocycles. The number of nitrogens with one attached hydrogen (secondary N) is 1. The second kappa shape index (κ2) is 5.81. The zero-order valence-corrected chi connectivity index (χ0v) is 11.8. The highest BCUT2D eigenvalue weighted by atomic mass is 19.1. The molecule has 0 saturated heterocycles. The lowest BCUT2D eigenvalue weighted by molar-refractivity contribution is -0.115. The molecule has 0 radical (unpaired) electrons. The topological polar surface area (TPSA) is 50.7 Å². The van der Waals surface area contributed by atoms with Crippen LogP contribution in [0.25, 0.3) is 6.08 Å². The molecule has 5 heteroatoms. The van der Waals surface area contributed by atoms with Crippen molar-refractivity contribution in [2.75, 3.05) is 7.11 Å². The van der Waals surface area contributed by atoms with Crippen LogP contribution >= 0.6 is 0 Å². The van der Waals surface area contributed by atoms with Crippen LogP contribution in [-0.2, 0) is 4.79 Å². The van der Waals surface area contributed by atoms with Gasteiger partial charge in [0.2, 0.25) is 0 Å². The summed E-state index contributed by atoms with van der Waals surface area (Å²) >= 11 is 0. The highest BCUT2D eigenvalue weighted by Gasteiger charge is 2.22. The lowest BCUT2D eigenvalue weighted by atomic mass is 10.2. The molecule has 4 nitrogen and oxygen atoms in total. The molecule has 0 fully saturated rings. The van der Waals surface area contributed by atoms with Gasteiger partial charge in [-0.2, -0.15) is 0 Å². The van der Waals surface area contributed by atoms with Crippen LogP contribution in [0.15, 0.2) is 59.2 Å². The predicted molar refractivity (Wildman–Crippen MR) is 82.1 cm³/mol. The number of rotatable bonds is 3. The van der Waals surface area contributed by atoms with Gasteiger partial charge in [-0.05, 0) is 35.9 Å². The SMILES string of the molecule is COc1ccc(/C=C2\N=C(c3ccccc3F)NC2=O)cc1. The van der Waals surface area contributed by atoms with Gasteiger partial charge in [0.25, 0.3) is 5.91 Å². The van der Waals surface area contributed by atoms with Crippen molar-refractivity contribution in [2.45, 2.75) is 0 Å². The molecular formula is C17H13FN2O2. The maximum absolute atomic E-state index is 13.7. The van der Waals surface area contributed by atoms with Gasteiger partial charge < -0.3 is 10.1 Å². The Hall–Kier alpha value is -2.95. The van der Waals surface area contributed by atoms with Crippen LogP contribution in [-0.4, -0.2) is 18.9 Å². The van der Waals surface area contributed by atoms with Crippen LogP contribution in [0.1, 0.15) is 11.1 Å². The molecule has 1 aliphatic heterocycles. The first-order valence-corrected chi connectivity index (χ1v) is 6.68. The number of hydrogen-bond acceptors (Lipinski definition) is 3. The Morgan fingerprint density at radius 2 is 1.86 bits per heavy atom. The van der Waals surface area contributed by atoms with Gasteiger partial charge in [0.1, 0.15) is 23.1 Å². The van der Waals surface area contributed by atoms with Gasteiger partial charge in [-0.25, -0.2) is 9.38 Å². The van der Waals surface area contributed by atoms with Crippen molar-refractivity contribution < 1.29 is 13.9 Å². The number of hydrogen-bond donors (Lipinski definition) is 1. The third-order valence-corrected chi connectivity index (χ3v) is 3.24. The minimum absolute atomic E-state index is 0.225. The molecule has 1 amide bonds. The van der Waals surface area contributed by atoms with E-state index in [0.717, 1.165) is 11.3 Å². The van der Waals surface area contributed by atoms with Crippen molar-refractivity contribution in [1.82, 2.24) is 5.32 Å². The molecule has 1 aliphatic rings. The predicted octanol–water partition coefficient (Wildman–Crippen LogP) is 2.75. The number of amides is 1. The Labute approximate surface area is 127 Å². The Morgan fingerprint density at radius 1 is 1.14 bits per heavy atom. The molecule has 0 unspecified atom stereocenters. The maximum Gasteiger partial charge on any atom is 0.275 e. The van der Waals surface area contributed by atoms with E-state index < -0.39 is 5.82 Å². The van der Waals surface area contributed by atoms with Gasteiger partial charge in [0.15, 0.2) is 0 Å². The van der Waals surface area contributed by atoms with Gasteiger partial charge in [-0.15, -0.1) is 0 Å². The number of nitrogens with zero attached hydrogens (tertiary/aromatic N) is 1. The summed E-state index contributed by atoms with van der Waals surface area (Å²) in [5, 5.41) is 2.58.